The van der Waals surface area contributed by atoms with Gasteiger partial charge in [-0.2, -0.15) is 0 Å². The van der Waals surface area contributed by atoms with Gasteiger partial charge < -0.3 is 10.5 Å². The Labute approximate surface area is 115 Å². The summed E-state index contributed by atoms with van der Waals surface area (Å²) in [5.41, 5.74) is 6.93. The average molecular weight is 265 g/mol. The summed E-state index contributed by atoms with van der Waals surface area (Å²) < 4.78 is 19.2. The van der Waals surface area contributed by atoms with E-state index >= 15 is 0 Å². The lowest BCUT2D eigenvalue weighted by molar-refractivity contribution is 0.216. The lowest BCUT2D eigenvalue weighted by Gasteiger charge is -2.38. The van der Waals surface area contributed by atoms with Crippen LogP contribution in [0, 0.1) is 11.7 Å². The maximum atomic E-state index is 14.2. The molecule has 1 aromatic carbocycles. The number of ether oxygens (including phenoxy) is 1. The lowest BCUT2D eigenvalue weighted by atomic mass is 9.72. The van der Waals surface area contributed by atoms with E-state index < -0.39 is 0 Å². The van der Waals surface area contributed by atoms with Gasteiger partial charge in [-0.15, -0.1) is 0 Å². The molecule has 2 unspecified atom stereocenters. The van der Waals surface area contributed by atoms with Crippen molar-refractivity contribution in [2.75, 3.05) is 7.11 Å². The average Bonchev–Trinajstić information content (AvgIpc) is 2.41. The molecule has 1 fully saturated rings. The molecule has 19 heavy (non-hydrogen) atoms. The van der Waals surface area contributed by atoms with Crippen molar-refractivity contribution in [2.24, 2.45) is 11.7 Å². The van der Waals surface area contributed by atoms with Gasteiger partial charge in [0.05, 0.1) is 7.11 Å². The third-order valence-electron chi connectivity index (χ3n) is 4.37. The van der Waals surface area contributed by atoms with E-state index in [0.29, 0.717) is 23.7 Å². The van der Waals surface area contributed by atoms with Gasteiger partial charge in [0.25, 0.3) is 0 Å². The SMILES string of the molecule is CCC1CCCC(N)(Cc2cccc(OC)c2F)C1. The fourth-order valence-electron chi connectivity index (χ4n) is 3.26. The highest BCUT2D eigenvalue weighted by Gasteiger charge is 2.33. The number of hydrogen-bond donors (Lipinski definition) is 1. The van der Waals surface area contributed by atoms with Crippen molar-refractivity contribution in [2.45, 2.75) is 51.0 Å². The summed E-state index contributed by atoms with van der Waals surface area (Å²) in [6.07, 6.45) is 6.17. The molecular formula is C16H24FNO. The minimum atomic E-state index is -0.258. The van der Waals surface area contributed by atoms with Gasteiger partial charge in [0.1, 0.15) is 0 Å². The smallest absolute Gasteiger partial charge is 0.168 e. The molecular weight excluding hydrogens is 241 g/mol. The summed E-state index contributed by atoms with van der Waals surface area (Å²) in [5, 5.41) is 0. The molecule has 1 saturated carbocycles. The van der Waals surface area contributed by atoms with Gasteiger partial charge in [0.2, 0.25) is 0 Å². The zero-order chi connectivity index (χ0) is 13.9. The summed E-state index contributed by atoms with van der Waals surface area (Å²) in [6, 6.07) is 5.31. The third kappa shape index (κ3) is 3.27. The molecule has 0 aliphatic heterocycles. The Bertz CT molecular complexity index is 435. The van der Waals surface area contributed by atoms with Crippen LogP contribution in [0.5, 0.6) is 5.75 Å². The van der Waals surface area contributed by atoms with Gasteiger partial charge >= 0.3 is 0 Å². The standard InChI is InChI=1S/C16H24FNO/c1-3-12-6-5-9-16(18,10-12)11-13-7-4-8-14(19-2)15(13)17/h4,7-8,12H,3,5-6,9-11,18H2,1-2H3. The summed E-state index contributed by atoms with van der Waals surface area (Å²) in [5.74, 6) is 0.741. The molecule has 0 saturated heterocycles. The van der Waals surface area contributed by atoms with Crippen LogP contribution in [0.2, 0.25) is 0 Å². The molecule has 1 aliphatic rings. The van der Waals surface area contributed by atoms with Gasteiger partial charge in [-0.3, -0.25) is 0 Å². The van der Waals surface area contributed by atoms with E-state index in [9.17, 15) is 4.39 Å². The van der Waals surface area contributed by atoms with E-state index in [2.05, 4.69) is 6.92 Å². The van der Waals surface area contributed by atoms with Gasteiger partial charge in [-0.25, -0.2) is 4.39 Å². The van der Waals surface area contributed by atoms with Gasteiger partial charge in [0, 0.05) is 5.54 Å². The van der Waals surface area contributed by atoms with Crippen molar-refractivity contribution in [3.8, 4) is 5.75 Å². The van der Waals surface area contributed by atoms with Gasteiger partial charge in [0.15, 0.2) is 11.6 Å². The minimum Gasteiger partial charge on any atom is -0.494 e. The molecule has 0 heterocycles. The van der Waals surface area contributed by atoms with Crippen LogP contribution in [-0.2, 0) is 6.42 Å². The van der Waals surface area contributed by atoms with Crippen LogP contribution in [0.15, 0.2) is 18.2 Å². The number of halogens is 1. The van der Waals surface area contributed by atoms with Crippen molar-refractivity contribution in [3.05, 3.63) is 29.6 Å². The normalized spacial score (nSPS) is 27.3. The van der Waals surface area contributed by atoms with E-state index in [1.54, 1.807) is 6.07 Å². The Morgan fingerprint density at radius 2 is 2.26 bits per heavy atom. The van der Waals surface area contributed by atoms with Crippen molar-refractivity contribution in [3.63, 3.8) is 0 Å². The second kappa shape index (κ2) is 5.91. The molecule has 2 N–H and O–H groups in total. The first-order valence-corrected chi connectivity index (χ1v) is 7.18. The van der Waals surface area contributed by atoms with Crippen LogP contribution < -0.4 is 10.5 Å². The predicted octanol–water partition coefficient (Wildman–Crippen LogP) is 3.67. The summed E-state index contributed by atoms with van der Waals surface area (Å²) in [4.78, 5) is 0. The van der Waals surface area contributed by atoms with E-state index in [-0.39, 0.29) is 11.4 Å². The van der Waals surface area contributed by atoms with E-state index in [4.69, 9.17) is 10.5 Å². The highest BCUT2D eigenvalue weighted by Crippen LogP contribution is 2.35. The fraction of sp³-hybridized carbons (Fsp3) is 0.625. The molecule has 3 heteroatoms. The number of benzene rings is 1. The Hall–Kier alpha value is -1.09. The monoisotopic (exact) mass is 265 g/mol. The molecule has 2 rings (SSSR count). The molecule has 0 aromatic heterocycles. The Morgan fingerprint density at radius 1 is 1.47 bits per heavy atom. The Kier molecular flexibility index (Phi) is 4.46. The minimum absolute atomic E-state index is 0.256. The van der Waals surface area contributed by atoms with Gasteiger partial charge in [-0.1, -0.05) is 38.3 Å². The Morgan fingerprint density at radius 3 is 2.95 bits per heavy atom. The van der Waals surface area contributed by atoms with Crippen molar-refractivity contribution < 1.29 is 9.13 Å². The summed E-state index contributed by atoms with van der Waals surface area (Å²) >= 11 is 0. The summed E-state index contributed by atoms with van der Waals surface area (Å²) in [7, 11) is 1.49. The second-order valence-corrected chi connectivity index (χ2v) is 5.84. The van der Waals surface area contributed by atoms with Crippen LogP contribution in [0.4, 0.5) is 4.39 Å². The molecule has 0 radical (unpaired) electrons. The maximum absolute atomic E-state index is 14.2. The van der Waals surface area contributed by atoms with Crippen molar-refractivity contribution >= 4 is 0 Å². The molecule has 2 nitrogen and oxygen atoms in total. The van der Waals surface area contributed by atoms with E-state index in [0.717, 1.165) is 19.3 Å². The third-order valence-corrected chi connectivity index (χ3v) is 4.37. The molecule has 1 aliphatic carbocycles. The van der Waals surface area contributed by atoms with Crippen LogP contribution in [0.1, 0.15) is 44.6 Å². The highest BCUT2D eigenvalue weighted by molar-refractivity contribution is 5.32. The largest absolute Gasteiger partial charge is 0.494 e. The number of rotatable bonds is 4. The summed E-state index contributed by atoms with van der Waals surface area (Å²) in [6.45, 7) is 2.21. The van der Waals surface area contributed by atoms with Crippen LogP contribution in [0.3, 0.4) is 0 Å². The number of hydrogen-bond acceptors (Lipinski definition) is 2. The second-order valence-electron chi connectivity index (χ2n) is 5.84. The van der Waals surface area contributed by atoms with Crippen molar-refractivity contribution in [1.82, 2.24) is 0 Å². The quantitative estimate of drug-likeness (QED) is 0.901. The van der Waals surface area contributed by atoms with Crippen molar-refractivity contribution in [1.29, 1.82) is 0 Å². The van der Waals surface area contributed by atoms with E-state index in [1.807, 2.05) is 12.1 Å². The molecule has 106 valence electrons. The predicted molar refractivity (Wildman–Crippen MR) is 75.8 cm³/mol. The first-order chi connectivity index (χ1) is 9.08. The van der Waals surface area contributed by atoms with Gasteiger partial charge in [-0.05, 0) is 36.8 Å². The first-order valence-electron chi connectivity index (χ1n) is 7.18. The highest BCUT2D eigenvalue weighted by atomic mass is 19.1. The zero-order valence-electron chi connectivity index (χ0n) is 11.9. The molecule has 0 spiro atoms. The number of nitrogens with two attached hydrogens (primary N) is 1. The molecule has 0 amide bonds. The van der Waals surface area contributed by atoms with Crippen LogP contribution in [-0.4, -0.2) is 12.6 Å². The fourth-order valence-corrected chi connectivity index (χ4v) is 3.26. The maximum Gasteiger partial charge on any atom is 0.168 e. The zero-order valence-corrected chi connectivity index (χ0v) is 11.9. The van der Waals surface area contributed by atoms with E-state index in [1.165, 1.54) is 20.0 Å². The molecule has 2 atom stereocenters. The molecule has 0 bridgehead atoms. The number of methoxy groups -OCH3 is 1. The van der Waals surface area contributed by atoms with Crippen LogP contribution in [0.25, 0.3) is 0 Å². The topological polar surface area (TPSA) is 35.2 Å². The molecule has 1 aromatic rings. The van der Waals surface area contributed by atoms with Crippen LogP contribution >= 0.6 is 0 Å². The Balaban J connectivity index is 2.15. The first kappa shape index (κ1) is 14.3. The lowest BCUT2D eigenvalue weighted by Crippen LogP contribution is -2.46.